The van der Waals surface area contributed by atoms with Gasteiger partial charge in [-0.1, -0.05) is 237 Å². The Labute approximate surface area is 497 Å². The molecular formula is C82H68N2. The summed E-state index contributed by atoms with van der Waals surface area (Å²) in [7, 11) is 0. The monoisotopic (exact) mass is 1080 g/mol. The van der Waals surface area contributed by atoms with Crippen LogP contribution in [0.15, 0.2) is 279 Å². The summed E-state index contributed by atoms with van der Waals surface area (Å²) < 4.78 is 0. The fourth-order valence-corrected chi connectivity index (χ4v) is 12.3. The van der Waals surface area contributed by atoms with Gasteiger partial charge in [0.2, 0.25) is 0 Å². The number of hydrogen-bond acceptors (Lipinski definition) is 2. The van der Waals surface area contributed by atoms with E-state index in [2.05, 4.69) is 325 Å². The molecule has 11 aromatic carbocycles. The standard InChI is InChI=1S/C82H68N2/c1-5-22-69(23-6-1)79(70-24-7-2-8-25-70)59-65-46-54-75(55-47-65)83(81-36-18-32-67-30-13-15-34-77(67)81)73-50-42-61(43-51-73)38-40-63-20-17-21-64(58-63)41-39-62-44-52-74(53-45-62)84(82-37-19-33-68-31-14-16-35-78(68)82)76-56-48-66(49-57-76)60-80(71-26-9-3-10-27-71)72-28-11-4-12-29-72/h1-12,17-29,32-33,36-60H,13-16,30-31,34-35H2. The van der Waals surface area contributed by atoms with Gasteiger partial charge in [0.25, 0.3) is 0 Å². The van der Waals surface area contributed by atoms with Gasteiger partial charge in [0.1, 0.15) is 0 Å². The molecule has 0 saturated heterocycles. The predicted octanol–water partition coefficient (Wildman–Crippen LogP) is 21.9. The third-order valence-corrected chi connectivity index (χ3v) is 16.6. The Hall–Kier alpha value is -10.0. The molecule has 2 aliphatic carbocycles. The van der Waals surface area contributed by atoms with E-state index in [1.54, 1.807) is 0 Å². The predicted molar refractivity (Wildman–Crippen MR) is 360 cm³/mol. The van der Waals surface area contributed by atoms with Crippen LogP contribution in [0.4, 0.5) is 34.1 Å². The lowest BCUT2D eigenvalue weighted by Gasteiger charge is -2.30. The zero-order valence-electron chi connectivity index (χ0n) is 47.6. The first-order valence-corrected chi connectivity index (χ1v) is 30.0. The molecule has 0 aliphatic heterocycles. The summed E-state index contributed by atoms with van der Waals surface area (Å²) in [6, 6.07) is 102. The van der Waals surface area contributed by atoms with Crippen molar-refractivity contribution >= 4 is 81.7 Å². The average Bonchev–Trinajstić information content (AvgIpc) is 3.69. The fourth-order valence-electron chi connectivity index (χ4n) is 12.3. The molecule has 0 amide bonds. The second-order valence-corrected chi connectivity index (χ2v) is 22.2. The lowest BCUT2D eigenvalue weighted by molar-refractivity contribution is 0.686. The maximum Gasteiger partial charge on any atom is 0.0496 e. The van der Waals surface area contributed by atoms with Crippen molar-refractivity contribution in [1.29, 1.82) is 0 Å². The second kappa shape index (κ2) is 25.4. The molecule has 0 aromatic heterocycles. The van der Waals surface area contributed by atoms with Gasteiger partial charge in [-0.05, 0) is 219 Å². The highest BCUT2D eigenvalue weighted by molar-refractivity contribution is 5.93. The Bertz CT molecular complexity index is 3770. The number of rotatable bonds is 16. The molecular weight excluding hydrogens is 1010 g/mol. The molecule has 406 valence electrons. The van der Waals surface area contributed by atoms with E-state index in [-0.39, 0.29) is 0 Å². The van der Waals surface area contributed by atoms with Gasteiger partial charge >= 0.3 is 0 Å². The number of nitrogens with zero attached hydrogens (tertiary/aromatic N) is 2. The highest BCUT2D eigenvalue weighted by Crippen LogP contribution is 2.43. The quantitative estimate of drug-likeness (QED) is 0.0890. The van der Waals surface area contributed by atoms with Crippen LogP contribution < -0.4 is 9.80 Å². The number of aryl methyl sites for hydroxylation is 2. The number of fused-ring (bicyclic) bond motifs is 2. The molecule has 0 saturated carbocycles. The molecule has 0 heterocycles. The van der Waals surface area contributed by atoms with E-state index in [0.717, 1.165) is 70.7 Å². The summed E-state index contributed by atoms with van der Waals surface area (Å²) in [5.41, 5.74) is 27.2. The van der Waals surface area contributed by atoms with Crippen LogP contribution in [0.3, 0.4) is 0 Å². The highest BCUT2D eigenvalue weighted by atomic mass is 15.1. The Morgan fingerprint density at radius 1 is 0.250 bits per heavy atom. The minimum atomic E-state index is 1.10. The lowest BCUT2D eigenvalue weighted by atomic mass is 9.89. The number of hydrogen-bond donors (Lipinski definition) is 0. The molecule has 0 fully saturated rings. The van der Waals surface area contributed by atoms with Crippen molar-refractivity contribution in [1.82, 2.24) is 0 Å². The summed E-state index contributed by atoms with van der Waals surface area (Å²) in [5, 5.41) is 0. The van der Waals surface area contributed by atoms with Crippen molar-refractivity contribution in [2.75, 3.05) is 9.80 Å². The first kappa shape index (κ1) is 53.3. The van der Waals surface area contributed by atoms with Gasteiger partial charge in [-0.25, -0.2) is 0 Å². The SMILES string of the molecule is C(=Cc1cccc(C=Cc2ccc(N(c3ccc(C=C(c4ccccc4)c4ccccc4)cc3)c3cccc4c3CCCC4)cc2)c1)c1ccc(N(c2ccc(C=C(c3ccccc3)c3ccccc3)cc2)c2cccc3c2CCCC3)cc1. The average molecular weight is 1080 g/mol. The molecule has 0 N–H and O–H groups in total. The molecule has 0 bridgehead atoms. The fraction of sp³-hybridized carbons (Fsp3) is 0.0976. The van der Waals surface area contributed by atoms with Crippen LogP contribution in [0.25, 0.3) is 47.6 Å². The minimum Gasteiger partial charge on any atom is -0.310 e. The van der Waals surface area contributed by atoms with Crippen LogP contribution >= 0.6 is 0 Å². The first-order valence-electron chi connectivity index (χ1n) is 30.0. The van der Waals surface area contributed by atoms with Gasteiger partial charge in [0.15, 0.2) is 0 Å². The van der Waals surface area contributed by atoms with E-state index in [4.69, 9.17) is 0 Å². The van der Waals surface area contributed by atoms with Gasteiger partial charge in [0.05, 0.1) is 0 Å². The Kier molecular flexibility index (Phi) is 16.1. The zero-order chi connectivity index (χ0) is 56.3. The van der Waals surface area contributed by atoms with Gasteiger partial charge in [-0.2, -0.15) is 0 Å². The topological polar surface area (TPSA) is 6.48 Å². The lowest BCUT2D eigenvalue weighted by Crippen LogP contribution is -2.15. The second-order valence-electron chi connectivity index (χ2n) is 22.2. The molecule has 13 rings (SSSR count). The molecule has 0 radical (unpaired) electrons. The van der Waals surface area contributed by atoms with Crippen LogP contribution in [0.1, 0.15) is 104 Å². The van der Waals surface area contributed by atoms with Crippen molar-refractivity contribution in [2.45, 2.75) is 51.4 Å². The molecule has 84 heavy (non-hydrogen) atoms. The molecule has 0 unspecified atom stereocenters. The van der Waals surface area contributed by atoms with Gasteiger partial charge in [-0.15, -0.1) is 0 Å². The van der Waals surface area contributed by atoms with Crippen molar-refractivity contribution in [3.05, 3.63) is 357 Å². The molecule has 11 aromatic rings. The van der Waals surface area contributed by atoms with Crippen molar-refractivity contribution in [2.24, 2.45) is 0 Å². The van der Waals surface area contributed by atoms with Crippen molar-refractivity contribution in [3.8, 4) is 0 Å². The summed E-state index contributed by atoms with van der Waals surface area (Å²) in [6.45, 7) is 0. The molecule has 0 atom stereocenters. The van der Waals surface area contributed by atoms with Crippen LogP contribution in [-0.4, -0.2) is 0 Å². The maximum absolute atomic E-state index is 2.46. The van der Waals surface area contributed by atoms with Crippen LogP contribution in [0.5, 0.6) is 0 Å². The van der Waals surface area contributed by atoms with Gasteiger partial charge in [0, 0.05) is 34.1 Å². The third-order valence-electron chi connectivity index (χ3n) is 16.6. The van der Waals surface area contributed by atoms with E-state index >= 15 is 0 Å². The van der Waals surface area contributed by atoms with E-state index in [1.807, 2.05) is 0 Å². The van der Waals surface area contributed by atoms with Crippen LogP contribution in [0, 0.1) is 0 Å². The highest BCUT2D eigenvalue weighted by Gasteiger charge is 2.22. The number of benzene rings is 11. The Balaban J connectivity index is 0.735. The first-order chi connectivity index (χ1) is 41.6. The minimum absolute atomic E-state index is 1.10. The van der Waals surface area contributed by atoms with Crippen molar-refractivity contribution in [3.63, 3.8) is 0 Å². The molecule has 2 aliphatic rings. The van der Waals surface area contributed by atoms with Gasteiger partial charge in [-0.3, -0.25) is 0 Å². The summed E-state index contributed by atoms with van der Waals surface area (Å²) in [6.07, 6.45) is 22.9. The van der Waals surface area contributed by atoms with Crippen molar-refractivity contribution < 1.29 is 0 Å². The van der Waals surface area contributed by atoms with E-state index < -0.39 is 0 Å². The Morgan fingerprint density at radius 2 is 0.548 bits per heavy atom. The smallest absolute Gasteiger partial charge is 0.0496 e. The summed E-state index contributed by atoms with van der Waals surface area (Å²) in [5.74, 6) is 0. The summed E-state index contributed by atoms with van der Waals surface area (Å²) >= 11 is 0. The normalized spacial score (nSPS) is 12.8. The zero-order valence-corrected chi connectivity index (χ0v) is 47.6. The molecule has 2 heteroatoms. The van der Waals surface area contributed by atoms with Crippen LogP contribution in [0.2, 0.25) is 0 Å². The van der Waals surface area contributed by atoms with E-state index in [9.17, 15) is 0 Å². The molecule has 2 nitrogen and oxygen atoms in total. The largest absolute Gasteiger partial charge is 0.310 e. The van der Waals surface area contributed by atoms with Gasteiger partial charge < -0.3 is 9.80 Å². The molecule has 0 spiro atoms. The van der Waals surface area contributed by atoms with E-state index in [1.165, 1.54) is 104 Å². The summed E-state index contributed by atoms with van der Waals surface area (Å²) in [4.78, 5) is 4.92. The number of anilines is 6. The van der Waals surface area contributed by atoms with E-state index in [0.29, 0.717) is 0 Å². The van der Waals surface area contributed by atoms with Crippen LogP contribution in [-0.2, 0) is 25.7 Å². The third kappa shape index (κ3) is 12.3. The Morgan fingerprint density at radius 3 is 0.893 bits per heavy atom. The maximum atomic E-state index is 2.46.